The summed E-state index contributed by atoms with van der Waals surface area (Å²) < 4.78 is 5.30. The summed E-state index contributed by atoms with van der Waals surface area (Å²) in [5.74, 6) is 0.607. The molecule has 3 aromatic rings. The molecule has 0 radical (unpaired) electrons. The molecule has 5 heteroatoms. The molecule has 2 aromatic heterocycles. The number of nitrogen functional groups attached to an aromatic ring is 1. The van der Waals surface area contributed by atoms with Gasteiger partial charge in [0.25, 0.3) is 6.01 Å². The fraction of sp³-hybridized carbons (Fsp3) is 0. The van der Waals surface area contributed by atoms with Crippen LogP contribution in [0.15, 0.2) is 47.1 Å². The summed E-state index contributed by atoms with van der Waals surface area (Å²) >= 11 is 0. The highest BCUT2D eigenvalue weighted by atomic mass is 16.4. The van der Waals surface area contributed by atoms with Crippen molar-refractivity contribution < 1.29 is 4.42 Å². The molecule has 3 N–H and O–H groups in total. The Balaban J connectivity index is 2.12. The zero-order valence-electron chi connectivity index (χ0n) is 8.92. The maximum Gasteiger partial charge on any atom is 0.292 e. The van der Waals surface area contributed by atoms with Crippen molar-refractivity contribution in [1.82, 2.24) is 15.2 Å². The Morgan fingerprint density at radius 2 is 1.94 bits per heavy atom. The summed E-state index contributed by atoms with van der Waals surface area (Å²) in [6.45, 7) is 0. The van der Waals surface area contributed by atoms with E-state index in [1.807, 2.05) is 30.3 Å². The number of benzene rings is 1. The van der Waals surface area contributed by atoms with E-state index in [1.165, 1.54) is 0 Å². The van der Waals surface area contributed by atoms with E-state index in [-0.39, 0.29) is 6.01 Å². The fourth-order valence-corrected chi connectivity index (χ4v) is 1.71. The standard InChI is InChI=1S/C12H10N4O/c13-12-14-7-10(17-12)9-6-15-16-11(9)8-4-2-1-3-5-8/h1-7H,(H2,13,14)(H,15,16). The number of H-pyrrole nitrogens is 1. The number of nitrogens with two attached hydrogens (primary N) is 1. The lowest BCUT2D eigenvalue weighted by Crippen LogP contribution is -1.81. The molecular formula is C12H10N4O. The van der Waals surface area contributed by atoms with E-state index in [0.29, 0.717) is 5.76 Å². The summed E-state index contributed by atoms with van der Waals surface area (Å²) in [4.78, 5) is 3.88. The number of aromatic nitrogens is 3. The highest BCUT2D eigenvalue weighted by Crippen LogP contribution is 2.30. The van der Waals surface area contributed by atoms with Gasteiger partial charge in [0.1, 0.15) is 0 Å². The molecule has 0 amide bonds. The predicted octanol–water partition coefficient (Wildman–Crippen LogP) is 2.31. The Bertz CT molecular complexity index is 627. The van der Waals surface area contributed by atoms with Crippen LogP contribution in [0, 0.1) is 0 Å². The lowest BCUT2D eigenvalue weighted by molar-refractivity contribution is 0.595. The van der Waals surface area contributed by atoms with Crippen molar-refractivity contribution in [2.75, 3.05) is 5.73 Å². The third-order valence-electron chi connectivity index (χ3n) is 2.49. The average molecular weight is 226 g/mol. The van der Waals surface area contributed by atoms with Crippen LogP contribution in [0.4, 0.5) is 6.01 Å². The molecule has 2 heterocycles. The van der Waals surface area contributed by atoms with Gasteiger partial charge in [-0.05, 0) is 0 Å². The number of anilines is 1. The summed E-state index contributed by atoms with van der Waals surface area (Å²) in [5.41, 5.74) is 8.24. The molecule has 0 aliphatic carbocycles. The smallest absolute Gasteiger partial charge is 0.292 e. The van der Waals surface area contributed by atoms with E-state index in [0.717, 1.165) is 16.8 Å². The molecule has 0 atom stereocenters. The Morgan fingerprint density at radius 3 is 2.65 bits per heavy atom. The lowest BCUT2D eigenvalue weighted by atomic mass is 10.1. The number of rotatable bonds is 2. The third kappa shape index (κ3) is 1.67. The zero-order valence-corrected chi connectivity index (χ0v) is 8.92. The van der Waals surface area contributed by atoms with Crippen molar-refractivity contribution in [3.05, 3.63) is 42.7 Å². The van der Waals surface area contributed by atoms with E-state index >= 15 is 0 Å². The molecule has 3 rings (SSSR count). The predicted molar refractivity (Wildman–Crippen MR) is 63.9 cm³/mol. The van der Waals surface area contributed by atoms with Crippen molar-refractivity contribution in [3.63, 3.8) is 0 Å². The second kappa shape index (κ2) is 3.79. The van der Waals surface area contributed by atoms with Crippen LogP contribution in [0.3, 0.4) is 0 Å². The molecule has 0 fully saturated rings. The van der Waals surface area contributed by atoms with Gasteiger partial charge in [-0.2, -0.15) is 5.10 Å². The molecule has 0 aliphatic rings. The van der Waals surface area contributed by atoms with Gasteiger partial charge in [0.15, 0.2) is 5.76 Å². The fourth-order valence-electron chi connectivity index (χ4n) is 1.71. The summed E-state index contributed by atoms with van der Waals surface area (Å²) in [6.07, 6.45) is 3.29. The molecule has 84 valence electrons. The van der Waals surface area contributed by atoms with Gasteiger partial charge >= 0.3 is 0 Å². The van der Waals surface area contributed by atoms with Crippen LogP contribution in [0.5, 0.6) is 0 Å². The van der Waals surface area contributed by atoms with E-state index < -0.39 is 0 Å². The van der Waals surface area contributed by atoms with Crippen LogP contribution < -0.4 is 5.73 Å². The van der Waals surface area contributed by atoms with Gasteiger partial charge in [0.05, 0.1) is 23.7 Å². The molecule has 0 saturated carbocycles. The third-order valence-corrected chi connectivity index (χ3v) is 2.49. The van der Waals surface area contributed by atoms with Crippen molar-refractivity contribution in [1.29, 1.82) is 0 Å². The Labute approximate surface area is 97.3 Å². The highest BCUT2D eigenvalue weighted by Gasteiger charge is 2.13. The van der Waals surface area contributed by atoms with Gasteiger partial charge in [0, 0.05) is 5.56 Å². The molecule has 0 aliphatic heterocycles. The van der Waals surface area contributed by atoms with E-state index in [9.17, 15) is 0 Å². The van der Waals surface area contributed by atoms with Crippen molar-refractivity contribution in [2.45, 2.75) is 0 Å². The second-order valence-corrected chi connectivity index (χ2v) is 3.59. The number of nitrogens with zero attached hydrogens (tertiary/aromatic N) is 2. The van der Waals surface area contributed by atoms with Crippen LogP contribution in [0.1, 0.15) is 0 Å². The largest absolute Gasteiger partial charge is 0.424 e. The van der Waals surface area contributed by atoms with Crippen LogP contribution in [0.25, 0.3) is 22.6 Å². The molecule has 5 nitrogen and oxygen atoms in total. The van der Waals surface area contributed by atoms with Gasteiger partial charge in [-0.3, -0.25) is 5.10 Å². The molecule has 0 bridgehead atoms. The number of hydrogen-bond acceptors (Lipinski definition) is 4. The van der Waals surface area contributed by atoms with Gasteiger partial charge in [0.2, 0.25) is 0 Å². The highest BCUT2D eigenvalue weighted by molar-refractivity contribution is 5.77. The first-order valence-electron chi connectivity index (χ1n) is 5.15. The van der Waals surface area contributed by atoms with Gasteiger partial charge in [-0.25, -0.2) is 4.98 Å². The molecule has 0 spiro atoms. The maximum atomic E-state index is 5.47. The minimum atomic E-state index is 0.153. The summed E-state index contributed by atoms with van der Waals surface area (Å²) in [5, 5.41) is 6.98. The minimum Gasteiger partial charge on any atom is -0.424 e. The van der Waals surface area contributed by atoms with Gasteiger partial charge in [-0.15, -0.1) is 0 Å². The van der Waals surface area contributed by atoms with E-state index in [1.54, 1.807) is 12.4 Å². The van der Waals surface area contributed by atoms with Gasteiger partial charge < -0.3 is 10.2 Å². The number of oxazole rings is 1. The van der Waals surface area contributed by atoms with Crippen LogP contribution in [-0.2, 0) is 0 Å². The van der Waals surface area contributed by atoms with E-state index in [4.69, 9.17) is 10.2 Å². The molecule has 0 unspecified atom stereocenters. The van der Waals surface area contributed by atoms with Crippen LogP contribution >= 0.6 is 0 Å². The minimum absolute atomic E-state index is 0.153. The number of aromatic amines is 1. The van der Waals surface area contributed by atoms with E-state index in [2.05, 4.69) is 15.2 Å². The molecule has 1 aromatic carbocycles. The first kappa shape index (κ1) is 9.65. The normalized spacial score (nSPS) is 10.6. The Hall–Kier alpha value is -2.56. The molecular weight excluding hydrogens is 216 g/mol. The monoisotopic (exact) mass is 226 g/mol. The average Bonchev–Trinajstić information content (AvgIpc) is 2.98. The van der Waals surface area contributed by atoms with Crippen molar-refractivity contribution in [3.8, 4) is 22.6 Å². The first-order chi connectivity index (χ1) is 8.34. The van der Waals surface area contributed by atoms with Crippen molar-refractivity contribution in [2.24, 2.45) is 0 Å². The topological polar surface area (TPSA) is 80.7 Å². The van der Waals surface area contributed by atoms with Gasteiger partial charge in [-0.1, -0.05) is 30.3 Å². The quantitative estimate of drug-likeness (QED) is 0.702. The SMILES string of the molecule is Nc1ncc(-c2cn[nH]c2-c2ccccc2)o1. The number of nitrogens with one attached hydrogen (secondary N) is 1. The van der Waals surface area contributed by atoms with Crippen LogP contribution in [0.2, 0.25) is 0 Å². The number of hydrogen-bond donors (Lipinski definition) is 2. The lowest BCUT2D eigenvalue weighted by Gasteiger charge is -1.99. The van der Waals surface area contributed by atoms with Crippen molar-refractivity contribution >= 4 is 6.01 Å². The molecule has 0 saturated heterocycles. The summed E-state index contributed by atoms with van der Waals surface area (Å²) in [6, 6.07) is 10.0. The van der Waals surface area contributed by atoms with Crippen LogP contribution in [-0.4, -0.2) is 15.2 Å². The molecule has 17 heavy (non-hydrogen) atoms. The first-order valence-corrected chi connectivity index (χ1v) is 5.15. The maximum absolute atomic E-state index is 5.47. The zero-order chi connectivity index (χ0) is 11.7. The summed E-state index contributed by atoms with van der Waals surface area (Å²) in [7, 11) is 0. The Morgan fingerprint density at radius 1 is 1.12 bits per heavy atom. The Kier molecular flexibility index (Phi) is 2.15. The second-order valence-electron chi connectivity index (χ2n) is 3.59.